The van der Waals surface area contributed by atoms with E-state index in [-0.39, 0.29) is 0 Å². The maximum atomic E-state index is 10.9. The summed E-state index contributed by atoms with van der Waals surface area (Å²) in [7, 11) is 0. The molecule has 1 rings (SSSR count). The molecule has 0 spiro atoms. The summed E-state index contributed by atoms with van der Waals surface area (Å²) in [5.74, 6) is -0.498. The summed E-state index contributed by atoms with van der Waals surface area (Å²) in [4.78, 5) is 13.7. The summed E-state index contributed by atoms with van der Waals surface area (Å²) in [5, 5.41) is 0. The van der Waals surface area contributed by atoms with Gasteiger partial charge in [0.25, 0.3) is 5.91 Å². The number of aromatic nitrogens is 1. The first-order chi connectivity index (χ1) is 6.54. The highest BCUT2D eigenvalue weighted by Crippen LogP contribution is 2.14. The summed E-state index contributed by atoms with van der Waals surface area (Å²) in [6, 6.07) is 1.65. The lowest BCUT2D eigenvalue weighted by atomic mass is 10.2. The summed E-state index contributed by atoms with van der Waals surface area (Å²) in [6.07, 6.45) is 3.36. The fourth-order valence-electron chi connectivity index (χ4n) is 1.15. The van der Waals surface area contributed by atoms with Crippen molar-refractivity contribution >= 4 is 18.1 Å². The van der Waals surface area contributed by atoms with Gasteiger partial charge in [-0.25, -0.2) is 0 Å². The zero-order valence-electron chi connectivity index (χ0n) is 8.00. The Kier molecular flexibility index (Phi) is 2.76. The average Bonchev–Trinajstić information content (AvgIpc) is 2.46. The molecule has 1 amide bonds. The van der Waals surface area contributed by atoms with Gasteiger partial charge in [-0.15, -0.1) is 0 Å². The quantitative estimate of drug-likeness (QED) is 0.667. The minimum Gasteiger partial charge on any atom is -0.402 e. The van der Waals surface area contributed by atoms with Crippen LogP contribution < -0.4 is 11.5 Å². The smallest absolute Gasteiger partial charge is 0.265 e. The molecular formula is C10H13N3O. The highest BCUT2D eigenvalue weighted by Gasteiger charge is 2.07. The van der Waals surface area contributed by atoms with Crippen molar-refractivity contribution in [2.75, 3.05) is 0 Å². The Labute approximate surface area is 82.3 Å². The van der Waals surface area contributed by atoms with Gasteiger partial charge in [-0.2, -0.15) is 0 Å². The predicted molar refractivity (Wildman–Crippen MR) is 57.2 cm³/mol. The molecule has 74 valence electrons. The Morgan fingerprint density at radius 3 is 2.64 bits per heavy atom. The molecule has 5 N–H and O–H groups in total. The summed E-state index contributed by atoms with van der Waals surface area (Å²) >= 11 is 0. The number of amides is 1. The fraction of sp³-hybridized carbons (Fsp3) is 0.100. The van der Waals surface area contributed by atoms with E-state index in [1.165, 1.54) is 0 Å². The van der Waals surface area contributed by atoms with Crippen LogP contribution in [0.15, 0.2) is 18.3 Å². The van der Waals surface area contributed by atoms with Crippen LogP contribution in [0.4, 0.5) is 0 Å². The number of nitrogens with two attached hydrogens (primary N) is 2. The molecule has 0 aliphatic rings. The number of H-pyrrole nitrogens is 1. The first-order valence-corrected chi connectivity index (χ1v) is 4.13. The van der Waals surface area contributed by atoms with Crippen LogP contribution in [0.1, 0.15) is 28.7 Å². The zero-order valence-corrected chi connectivity index (χ0v) is 8.00. The first kappa shape index (κ1) is 10.1. The normalized spacial score (nSPS) is 11.4. The van der Waals surface area contributed by atoms with E-state index in [1.807, 2.05) is 0 Å². The molecule has 0 aromatic carbocycles. The lowest BCUT2D eigenvalue weighted by molar-refractivity contribution is 0.0996. The first-order valence-electron chi connectivity index (χ1n) is 4.13. The molecule has 0 bridgehead atoms. The van der Waals surface area contributed by atoms with Gasteiger partial charge >= 0.3 is 0 Å². The van der Waals surface area contributed by atoms with E-state index in [9.17, 15) is 4.79 Å². The molecule has 1 aromatic heterocycles. The van der Waals surface area contributed by atoms with Crippen molar-refractivity contribution < 1.29 is 4.79 Å². The average molecular weight is 191 g/mol. The summed E-state index contributed by atoms with van der Waals surface area (Å²) in [5.41, 5.74) is 13.2. The van der Waals surface area contributed by atoms with Gasteiger partial charge in [0.2, 0.25) is 0 Å². The molecule has 0 radical (unpaired) electrons. The minimum atomic E-state index is -0.498. The van der Waals surface area contributed by atoms with Gasteiger partial charge in [-0.05, 0) is 25.1 Å². The van der Waals surface area contributed by atoms with Crippen molar-refractivity contribution in [3.63, 3.8) is 0 Å². The van der Waals surface area contributed by atoms with Gasteiger partial charge in [0.1, 0.15) is 5.69 Å². The third-order valence-corrected chi connectivity index (χ3v) is 1.73. The maximum Gasteiger partial charge on any atom is 0.265 e. The number of hydrogen-bond donors (Lipinski definition) is 3. The molecule has 0 unspecified atom stereocenters. The van der Waals surface area contributed by atoms with Crippen LogP contribution in [0.5, 0.6) is 0 Å². The number of carbonyl (C=O) groups is 1. The number of aromatic amines is 1. The SMILES string of the molecule is C=Cc1[nH]c(C(N)=O)cc1/C=C(/C)N. The Balaban J connectivity index is 3.22. The molecule has 0 saturated carbocycles. The van der Waals surface area contributed by atoms with E-state index >= 15 is 0 Å². The number of carbonyl (C=O) groups excluding carboxylic acids is 1. The van der Waals surface area contributed by atoms with Gasteiger partial charge in [0.05, 0.1) is 0 Å². The molecule has 4 nitrogen and oxygen atoms in total. The van der Waals surface area contributed by atoms with Gasteiger partial charge in [-0.3, -0.25) is 4.79 Å². The van der Waals surface area contributed by atoms with Crippen LogP contribution in [0, 0.1) is 0 Å². The summed E-state index contributed by atoms with van der Waals surface area (Å²) in [6.45, 7) is 5.39. The number of rotatable bonds is 3. The largest absolute Gasteiger partial charge is 0.402 e. The van der Waals surface area contributed by atoms with Gasteiger partial charge < -0.3 is 16.5 Å². The van der Waals surface area contributed by atoms with Crippen LogP contribution in [0.2, 0.25) is 0 Å². The van der Waals surface area contributed by atoms with E-state index in [1.54, 1.807) is 25.1 Å². The molecule has 1 aromatic rings. The van der Waals surface area contributed by atoms with Crippen molar-refractivity contribution in [3.8, 4) is 0 Å². The molecule has 4 heteroatoms. The van der Waals surface area contributed by atoms with E-state index in [4.69, 9.17) is 11.5 Å². The van der Waals surface area contributed by atoms with Crippen LogP contribution in [0.3, 0.4) is 0 Å². The number of hydrogen-bond acceptors (Lipinski definition) is 2. The lowest BCUT2D eigenvalue weighted by Crippen LogP contribution is -2.10. The van der Waals surface area contributed by atoms with E-state index in [0.29, 0.717) is 11.4 Å². The highest BCUT2D eigenvalue weighted by atomic mass is 16.1. The van der Waals surface area contributed by atoms with Gasteiger partial charge in [0, 0.05) is 17.0 Å². The third-order valence-electron chi connectivity index (χ3n) is 1.73. The molecular weight excluding hydrogens is 178 g/mol. The molecule has 14 heavy (non-hydrogen) atoms. The van der Waals surface area contributed by atoms with E-state index < -0.39 is 5.91 Å². The van der Waals surface area contributed by atoms with Crippen molar-refractivity contribution in [1.29, 1.82) is 0 Å². The van der Waals surface area contributed by atoms with Gasteiger partial charge in [0.15, 0.2) is 0 Å². The second kappa shape index (κ2) is 3.83. The standard InChI is InChI=1S/C10H13N3O/c1-3-8-7(4-6(2)11)5-9(13-8)10(12)14/h3-5,13H,1,11H2,2H3,(H2,12,14)/b6-4-. The van der Waals surface area contributed by atoms with E-state index in [2.05, 4.69) is 11.6 Å². The maximum absolute atomic E-state index is 10.9. The zero-order chi connectivity index (χ0) is 10.7. The predicted octanol–water partition coefficient (Wildman–Crippen LogP) is 1.08. The summed E-state index contributed by atoms with van der Waals surface area (Å²) < 4.78 is 0. The number of allylic oxidation sites excluding steroid dienone is 1. The second-order valence-corrected chi connectivity index (χ2v) is 3.01. The monoisotopic (exact) mass is 191 g/mol. The van der Waals surface area contributed by atoms with Crippen molar-refractivity contribution in [2.45, 2.75) is 6.92 Å². The number of primary amides is 1. The molecule has 0 atom stereocenters. The minimum absolute atomic E-state index is 0.354. The van der Waals surface area contributed by atoms with Gasteiger partial charge in [-0.1, -0.05) is 6.58 Å². The van der Waals surface area contributed by atoms with Crippen LogP contribution in [0.25, 0.3) is 12.2 Å². The Bertz CT molecular complexity index is 397. The molecule has 1 heterocycles. The number of nitrogens with one attached hydrogen (secondary N) is 1. The molecule has 0 aliphatic heterocycles. The topological polar surface area (TPSA) is 84.9 Å². The lowest BCUT2D eigenvalue weighted by Gasteiger charge is -1.92. The third kappa shape index (κ3) is 2.04. The Morgan fingerprint density at radius 2 is 2.21 bits per heavy atom. The Hall–Kier alpha value is -1.97. The van der Waals surface area contributed by atoms with Crippen molar-refractivity contribution in [1.82, 2.24) is 4.98 Å². The molecule has 0 aliphatic carbocycles. The highest BCUT2D eigenvalue weighted by molar-refractivity contribution is 5.92. The van der Waals surface area contributed by atoms with Crippen LogP contribution >= 0.6 is 0 Å². The van der Waals surface area contributed by atoms with E-state index in [0.717, 1.165) is 11.3 Å². The Morgan fingerprint density at radius 1 is 1.57 bits per heavy atom. The fourth-order valence-corrected chi connectivity index (χ4v) is 1.15. The van der Waals surface area contributed by atoms with Crippen molar-refractivity contribution in [3.05, 3.63) is 35.3 Å². The van der Waals surface area contributed by atoms with Crippen LogP contribution in [-0.2, 0) is 0 Å². The molecule has 0 saturated heterocycles. The van der Waals surface area contributed by atoms with Crippen LogP contribution in [-0.4, -0.2) is 10.9 Å². The van der Waals surface area contributed by atoms with Crippen molar-refractivity contribution in [2.24, 2.45) is 11.5 Å². The molecule has 0 fully saturated rings. The second-order valence-electron chi connectivity index (χ2n) is 3.01.